The monoisotopic (exact) mass is 477 g/mol. The number of nitrogens with one attached hydrogen (secondary N) is 2. The molecule has 5 rings (SSSR count). The van der Waals surface area contributed by atoms with E-state index in [9.17, 15) is 18.0 Å². The van der Waals surface area contributed by atoms with Crippen molar-refractivity contribution in [2.24, 2.45) is 5.41 Å². The zero-order valence-corrected chi connectivity index (χ0v) is 18.6. The summed E-state index contributed by atoms with van der Waals surface area (Å²) in [4.78, 5) is 31.6. The second-order valence-corrected chi connectivity index (χ2v) is 9.82. The number of halogens is 3. The lowest BCUT2D eigenvalue weighted by molar-refractivity contribution is -0.126. The van der Waals surface area contributed by atoms with Crippen LogP contribution >= 0.6 is 11.3 Å². The van der Waals surface area contributed by atoms with Crippen LogP contribution in [-0.4, -0.2) is 58.2 Å². The summed E-state index contributed by atoms with van der Waals surface area (Å²) in [5, 5.41) is 6.57. The van der Waals surface area contributed by atoms with Crippen LogP contribution in [-0.2, 0) is 6.42 Å². The number of nitrogens with zero attached hydrogens (tertiary/aromatic N) is 5. The minimum Gasteiger partial charge on any atom is -0.366 e. The number of aromatic nitrogens is 4. The predicted molar refractivity (Wildman–Crippen MR) is 119 cm³/mol. The van der Waals surface area contributed by atoms with E-state index in [1.807, 2.05) is 0 Å². The Balaban J connectivity index is 1.23. The highest BCUT2D eigenvalue weighted by atomic mass is 32.1. The molecular formula is C21H22F3N7OS. The van der Waals surface area contributed by atoms with Gasteiger partial charge in [0.15, 0.2) is 0 Å². The van der Waals surface area contributed by atoms with E-state index >= 15 is 0 Å². The van der Waals surface area contributed by atoms with Gasteiger partial charge in [-0.2, -0.15) is 13.2 Å². The maximum absolute atomic E-state index is 12.8. The molecule has 0 aromatic carbocycles. The van der Waals surface area contributed by atoms with Crippen LogP contribution in [0.25, 0.3) is 10.2 Å². The second-order valence-electron chi connectivity index (χ2n) is 8.71. The first-order chi connectivity index (χ1) is 15.7. The van der Waals surface area contributed by atoms with Crippen molar-refractivity contribution >= 4 is 39.1 Å². The van der Waals surface area contributed by atoms with Crippen molar-refractivity contribution in [3.63, 3.8) is 0 Å². The van der Waals surface area contributed by atoms with Gasteiger partial charge >= 0.3 is 6.18 Å². The van der Waals surface area contributed by atoms with Gasteiger partial charge in [-0.05, 0) is 30.7 Å². The topological polar surface area (TPSA) is 95.9 Å². The molecule has 2 fully saturated rings. The maximum Gasteiger partial charge on any atom is 0.393 e. The van der Waals surface area contributed by atoms with E-state index in [1.165, 1.54) is 12.5 Å². The molecule has 1 amide bonds. The third kappa shape index (κ3) is 4.43. The normalized spacial score (nSPS) is 22.5. The van der Waals surface area contributed by atoms with Gasteiger partial charge in [0.25, 0.3) is 5.91 Å². The third-order valence-electron chi connectivity index (χ3n) is 6.29. The van der Waals surface area contributed by atoms with Gasteiger partial charge in [-0.1, -0.05) is 0 Å². The van der Waals surface area contributed by atoms with Crippen molar-refractivity contribution in [1.29, 1.82) is 0 Å². The molecule has 1 saturated carbocycles. The number of amides is 1. The number of rotatable bonds is 5. The van der Waals surface area contributed by atoms with Crippen LogP contribution in [0.3, 0.4) is 0 Å². The third-order valence-corrected chi connectivity index (χ3v) is 7.34. The van der Waals surface area contributed by atoms with Gasteiger partial charge in [0, 0.05) is 31.1 Å². The lowest BCUT2D eigenvalue weighted by Crippen LogP contribution is -2.47. The summed E-state index contributed by atoms with van der Waals surface area (Å²) in [5.74, 6) is 1.07. The molecule has 12 heteroatoms. The van der Waals surface area contributed by atoms with E-state index in [4.69, 9.17) is 0 Å². The molecule has 1 aliphatic heterocycles. The summed E-state index contributed by atoms with van der Waals surface area (Å²) >= 11 is 1.08. The molecule has 1 spiro atoms. The number of carbonyl (C=O) groups excluding carboxylic acids is 1. The number of alkyl halides is 3. The van der Waals surface area contributed by atoms with E-state index in [2.05, 4.69) is 35.5 Å². The van der Waals surface area contributed by atoms with Crippen molar-refractivity contribution in [3.8, 4) is 0 Å². The SMILES string of the molecule is CNC(=O)c1cnc(NC2CC3(CCN(c4ncnc5sc(CC(F)(F)F)cc45)C3)C2)cn1. The minimum atomic E-state index is -4.24. The Kier molecular flexibility index (Phi) is 5.34. The summed E-state index contributed by atoms with van der Waals surface area (Å²) in [6.45, 7) is 1.62. The van der Waals surface area contributed by atoms with Gasteiger partial charge in [0.1, 0.15) is 28.5 Å². The van der Waals surface area contributed by atoms with E-state index in [1.54, 1.807) is 19.3 Å². The maximum atomic E-state index is 12.8. The standard InChI is InChI=1S/C21H22F3N7OS/c1-25-18(32)15-8-27-16(9-26-15)30-12-5-20(6-12)2-3-31(10-20)17-14-4-13(7-21(22,23)24)33-19(14)29-11-28-17/h4,8-9,11-12H,2-3,5-7,10H2,1H3,(H,25,32)(H,27,30). The van der Waals surface area contributed by atoms with Gasteiger partial charge in [-0.3, -0.25) is 4.79 Å². The molecule has 0 atom stereocenters. The molecule has 1 saturated heterocycles. The fourth-order valence-electron chi connectivity index (χ4n) is 4.82. The zero-order chi connectivity index (χ0) is 23.2. The van der Waals surface area contributed by atoms with E-state index in [0.717, 1.165) is 43.7 Å². The second kappa shape index (κ2) is 8.08. The molecule has 4 heterocycles. The number of hydrogen-bond acceptors (Lipinski definition) is 8. The fraction of sp³-hybridized carbons (Fsp3) is 0.476. The molecule has 174 valence electrons. The van der Waals surface area contributed by atoms with Gasteiger partial charge < -0.3 is 15.5 Å². The molecule has 3 aromatic heterocycles. The van der Waals surface area contributed by atoms with Crippen molar-refractivity contribution in [2.45, 2.75) is 37.9 Å². The molecule has 0 radical (unpaired) electrons. The highest BCUT2D eigenvalue weighted by Gasteiger charge is 2.49. The summed E-state index contributed by atoms with van der Waals surface area (Å²) in [7, 11) is 1.54. The number of fused-ring (bicyclic) bond motifs is 1. The fourth-order valence-corrected chi connectivity index (χ4v) is 5.84. The number of thiophene rings is 1. The lowest BCUT2D eigenvalue weighted by atomic mass is 9.65. The highest BCUT2D eigenvalue weighted by Crippen LogP contribution is 2.50. The van der Waals surface area contributed by atoms with Gasteiger partial charge in [-0.25, -0.2) is 19.9 Å². The number of hydrogen-bond donors (Lipinski definition) is 2. The molecular weight excluding hydrogens is 455 g/mol. The van der Waals surface area contributed by atoms with Crippen LogP contribution in [0.15, 0.2) is 24.8 Å². The highest BCUT2D eigenvalue weighted by molar-refractivity contribution is 7.18. The molecule has 2 aliphatic rings. The summed E-state index contributed by atoms with van der Waals surface area (Å²) in [5.41, 5.74) is 0.414. The largest absolute Gasteiger partial charge is 0.393 e. The summed E-state index contributed by atoms with van der Waals surface area (Å²) in [6, 6.07) is 1.84. The first-order valence-corrected chi connectivity index (χ1v) is 11.4. The molecule has 2 N–H and O–H groups in total. The van der Waals surface area contributed by atoms with Crippen LogP contribution in [0, 0.1) is 5.41 Å². The average molecular weight is 478 g/mol. The Morgan fingerprint density at radius 1 is 1.24 bits per heavy atom. The van der Waals surface area contributed by atoms with Gasteiger partial charge in [0.05, 0.1) is 24.2 Å². The van der Waals surface area contributed by atoms with Crippen LogP contribution < -0.4 is 15.5 Å². The quantitative estimate of drug-likeness (QED) is 0.581. The molecule has 33 heavy (non-hydrogen) atoms. The molecule has 1 aliphatic carbocycles. The molecule has 0 unspecified atom stereocenters. The first-order valence-electron chi connectivity index (χ1n) is 10.6. The van der Waals surface area contributed by atoms with Gasteiger partial charge in [0.2, 0.25) is 0 Å². The lowest BCUT2D eigenvalue weighted by Gasteiger charge is -2.45. The van der Waals surface area contributed by atoms with Crippen molar-refractivity contribution in [2.75, 3.05) is 30.4 Å². The molecule has 3 aromatic rings. The first kappa shape index (κ1) is 21.8. The van der Waals surface area contributed by atoms with Crippen molar-refractivity contribution in [1.82, 2.24) is 25.3 Å². The van der Waals surface area contributed by atoms with Crippen LogP contribution in [0.5, 0.6) is 0 Å². The minimum absolute atomic E-state index is 0.148. The zero-order valence-electron chi connectivity index (χ0n) is 17.8. The van der Waals surface area contributed by atoms with Crippen LogP contribution in [0.2, 0.25) is 0 Å². The van der Waals surface area contributed by atoms with E-state index in [-0.39, 0.29) is 27.9 Å². The summed E-state index contributed by atoms with van der Waals surface area (Å²) in [6.07, 6.45) is 2.16. The Labute approximate surface area is 191 Å². The Bertz CT molecular complexity index is 1170. The van der Waals surface area contributed by atoms with Gasteiger partial charge in [-0.15, -0.1) is 11.3 Å². The smallest absolute Gasteiger partial charge is 0.366 e. The van der Waals surface area contributed by atoms with Crippen LogP contribution in [0.1, 0.15) is 34.6 Å². The van der Waals surface area contributed by atoms with Crippen molar-refractivity contribution < 1.29 is 18.0 Å². The number of anilines is 2. The number of carbonyl (C=O) groups is 1. The van der Waals surface area contributed by atoms with Crippen molar-refractivity contribution in [3.05, 3.63) is 35.4 Å². The van der Waals surface area contributed by atoms with E-state index < -0.39 is 12.6 Å². The summed E-state index contributed by atoms with van der Waals surface area (Å²) < 4.78 is 38.5. The Morgan fingerprint density at radius 3 is 2.76 bits per heavy atom. The van der Waals surface area contributed by atoms with Crippen LogP contribution in [0.4, 0.5) is 24.8 Å². The molecule has 8 nitrogen and oxygen atoms in total. The van der Waals surface area contributed by atoms with E-state index in [0.29, 0.717) is 21.9 Å². The Hall–Kier alpha value is -3.02. The average Bonchev–Trinajstić information content (AvgIpc) is 3.36. The predicted octanol–water partition coefficient (Wildman–Crippen LogP) is 3.42. The molecule has 0 bridgehead atoms. The Morgan fingerprint density at radius 2 is 2.06 bits per heavy atom.